The van der Waals surface area contributed by atoms with E-state index in [0.29, 0.717) is 6.04 Å². The Bertz CT molecular complexity index is 977. The van der Waals surface area contributed by atoms with Crippen LogP contribution in [0.3, 0.4) is 0 Å². The lowest BCUT2D eigenvalue weighted by Gasteiger charge is -2.26. The number of rotatable bonds is 5. The van der Waals surface area contributed by atoms with Crippen molar-refractivity contribution < 1.29 is 5.11 Å². The normalized spacial score (nSPS) is 16.8. The predicted octanol–water partition coefficient (Wildman–Crippen LogP) is 5.09. The van der Waals surface area contributed by atoms with Gasteiger partial charge in [-0.25, -0.2) is 0 Å². The Hall–Kier alpha value is -1.63. The SMILES string of the molecule is OC(NC1CCNCC1)c1c(/C=C/c2ccc(Cl)cc2)[nH]c2cc(Br)ccc12. The minimum Gasteiger partial charge on any atom is -0.374 e. The van der Waals surface area contributed by atoms with Gasteiger partial charge in [-0.05, 0) is 61.8 Å². The van der Waals surface area contributed by atoms with Crippen LogP contribution < -0.4 is 10.6 Å². The molecule has 4 rings (SSSR count). The highest BCUT2D eigenvalue weighted by atomic mass is 79.9. The van der Waals surface area contributed by atoms with E-state index in [4.69, 9.17) is 11.6 Å². The lowest BCUT2D eigenvalue weighted by molar-refractivity contribution is 0.117. The van der Waals surface area contributed by atoms with Gasteiger partial charge in [0.2, 0.25) is 0 Å². The monoisotopic (exact) mass is 459 g/mol. The zero-order chi connectivity index (χ0) is 19.5. The van der Waals surface area contributed by atoms with Gasteiger partial charge in [0.05, 0.1) is 0 Å². The van der Waals surface area contributed by atoms with Crippen LogP contribution in [-0.4, -0.2) is 29.2 Å². The summed E-state index contributed by atoms with van der Waals surface area (Å²) in [5.41, 5.74) is 3.82. The van der Waals surface area contributed by atoms with E-state index >= 15 is 0 Å². The van der Waals surface area contributed by atoms with Gasteiger partial charge in [-0.15, -0.1) is 0 Å². The number of H-pyrrole nitrogens is 1. The molecule has 0 amide bonds. The van der Waals surface area contributed by atoms with Gasteiger partial charge in [0.15, 0.2) is 0 Å². The molecule has 1 aliphatic heterocycles. The molecule has 0 bridgehead atoms. The highest BCUT2D eigenvalue weighted by Crippen LogP contribution is 2.31. The first kappa shape index (κ1) is 19.7. The fourth-order valence-corrected chi connectivity index (χ4v) is 4.17. The number of aromatic amines is 1. The molecule has 2 heterocycles. The number of hydrogen-bond acceptors (Lipinski definition) is 3. The largest absolute Gasteiger partial charge is 0.374 e. The van der Waals surface area contributed by atoms with Crippen LogP contribution in [0.5, 0.6) is 0 Å². The second-order valence-electron chi connectivity index (χ2n) is 7.12. The summed E-state index contributed by atoms with van der Waals surface area (Å²) in [7, 11) is 0. The second-order valence-corrected chi connectivity index (χ2v) is 8.47. The summed E-state index contributed by atoms with van der Waals surface area (Å²) in [4.78, 5) is 3.45. The fourth-order valence-electron chi connectivity index (χ4n) is 3.69. The zero-order valence-electron chi connectivity index (χ0n) is 15.4. The van der Waals surface area contributed by atoms with Crippen LogP contribution in [0.4, 0.5) is 0 Å². The molecule has 1 aromatic heterocycles. The molecule has 6 heteroatoms. The lowest BCUT2D eigenvalue weighted by Crippen LogP contribution is -2.41. The molecule has 2 aromatic carbocycles. The zero-order valence-corrected chi connectivity index (χ0v) is 17.7. The Balaban J connectivity index is 1.67. The number of nitrogens with one attached hydrogen (secondary N) is 3. The Labute approximate surface area is 178 Å². The predicted molar refractivity (Wildman–Crippen MR) is 120 cm³/mol. The van der Waals surface area contributed by atoms with E-state index in [1.165, 1.54) is 0 Å². The Kier molecular flexibility index (Phi) is 6.19. The second kappa shape index (κ2) is 8.80. The van der Waals surface area contributed by atoms with Crippen molar-refractivity contribution in [3.8, 4) is 0 Å². The van der Waals surface area contributed by atoms with Crippen molar-refractivity contribution in [2.75, 3.05) is 13.1 Å². The van der Waals surface area contributed by atoms with E-state index in [0.717, 1.165) is 63.2 Å². The Morgan fingerprint density at radius 3 is 2.61 bits per heavy atom. The molecule has 0 spiro atoms. The van der Waals surface area contributed by atoms with Crippen molar-refractivity contribution in [3.63, 3.8) is 0 Å². The molecule has 3 aromatic rings. The molecule has 0 aliphatic carbocycles. The molecule has 28 heavy (non-hydrogen) atoms. The van der Waals surface area contributed by atoms with Crippen LogP contribution in [0.25, 0.3) is 23.1 Å². The van der Waals surface area contributed by atoms with Crippen molar-refractivity contribution >= 4 is 50.6 Å². The summed E-state index contributed by atoms with van der Waals surface area (Å²) in [6, 6.07) is 14.1. The lowest BCUT2D eigenvalue weighted by atomic mass is 10.0. The molecule has 1 aliphatic rings. The van der Waals surface area contributed by atoms with E-state index in [2.05, 4.69) is 31.5 Å². The third-order valence-corrected chi connectivity index (χ3v) is 5.90. The van der Waals surface area contributed by atoms with Gasteiger partial charge in [-0.1, -0.05) is 51.8 Å². The third-order valence-electron chi connectivity index (χ3n) is 5.15. The van der Waals surface area contributed by atoms with Crippen LogP contribution in [0, 0.1) is 0 Å². The van der Waals surface area contributed by atoms with Gasteiger partial charge < -0.3 is 15.4 Å². The highest BCUT2D eigenvalue weighted by molar-refractivity contribution is 9.10. The summed E-state index contributed by atoms with van der Waals surface area (Å²) < 4.78 is 1.00. The molecular weight excluding hydrogens is 438 g/mol. The number of hydrogen-bond donors (Lipinski definition) is 4. The number of aliphatic hydroxyl groups is 1. The van der Waals surface area contributed by atoms with E-state index in [9.17, 15) is 5.11 Å². The van der Waals surface area contributed by atoms with Gasteiger partial charge in [-0.2, -0.15) is 0 Å². The quantitative estimate of drug-likeness (QED) is 0.401. The molecule has 1 saturated heterocycles. The fraction of sp³-hybridized carbons (Fsp3) is 0.273. The molecule has 0 saturated carbocycles. The first-order chi connectivity index (χ1) is 13.6. The Morgan fingerprint density at radius 2 is 1.86 bits per heavy atom. The van der Waals surface area contributed by atoms with E-state index in [1.54, 1.807) is 0 Å². The molecule has 1 atom stereocenters. The van der Waals surface area contributed by atoms with Gasteiger partial charge in [0, 0.05) is 37.7 Å². The van der Waals surface area contributed by atoms with Crippen molar-refractivity contribution in [3.05, 3.63) is 68.8 Å². The maximum absolute atomic E-state index is 11.0. The highest BCUT2D eigenvalue weighted by Gasteiger charge is 2.22. The van der Waals surface area contributed by atoms with Crippen molar-refractivity contribution in [2.24, 2.45) is 0 Å². The molecular formula is C22H23BrClN3O. The van der Waals surface area contributed by atoms with Gasteiger partial charge in [0.1, 0.15) is 6.23 Å². The van der Waals surface area contributed by atoms with E-state index in [1.807, 2.05) is 54.6 Å². The van der Waals surface area contributed by atoms with Crippen LogP contribution in [-0.2, 0) is 0 Å². The summed E-state index contributed by atoms with van der Waals surface area (Å²) in [6.45, 7) is 1.96. The van der Waals surface area contributed by atoms with E-state index < -0.39 is 6.23 Å². The maximum atomic E-state index is 11.0. The van der Waals surface area contributed by atoms with Gasteiger partial charge in [0.25, 0.3) is 0 Å². The average Bonchev–Trinajstić information content (AvgIpc) is 3.06. The van der Waals surface area contributed by atoms with Crippen LogP contribution in [0.2, 0.25) is 5.02 Å². The van der Waals surface area contributed by atoms with Crippen molar-refractivity contribution in [2.45, 2.75) is 25.1 Å². The summed E-state index contributed by atoms with van der Waals surface area (Å²) >= 11 is 9.51. The van der Waals surface area contributed by atoms with Crippen LogP contribution in [0.1, 0.15) is 35.9 Å². The molecule has 4 nitrogen and oxygen atoms in total. The number of piperidine rings is 1. The van der Waals surface area contributed by atoms with Crippen molar-refractivity contribution in [1.82, 2.24) is 15.6 Å². The number of benzene rings is 2. The van der Waals surface area contributed by atoms with Crippen molar-refractivity contribution in [1.29, 1.82) is 0 Å². The topological polar surface area (TPSA) is 60.1 Å². The molecule has 1 unspecified atom stereocenters. The number of fused-ring (bicyclic) bond motifs is 1. The van der Waals surface area contributed by atoms with Gasteiger partial charge >= 0.3 is 0 Å². The third kappa shape index (κ3) is 4.50. The minimum atomic E-state index is -0.733. The molecule has 1 fully saturated rings. The first-order valence-corrected chi connectivity index (χ1v) is 10.7. The molecule has 146 valence electrons. The number of aliphatic hydroxyl groups excluding tert-OH is 1. The standard InChI is InChI=1S/C22H23BrClN3O/c23-15-4-7-18-20(13-15)27-19(8-3-14-1-5-16(24)6-2-14)21(18)22(28)26-17-9-11-25-12-10-17/h1-8,13,17,22,25-28H,9-12H2/b8-3+. The first-order valence-electron chi connectivity index (χ1n) is 9.50. The Morgan fingerprint density at radius 1 is 1.11 bits per heavy atom. The molecule has 0 radical (unpaired) electrons. The summed E-state index contributed by atoms with van der Waals surface area (Å²) in [5.74, 6) is 0. The minimum absolute atomic E-state index is 0.310. The number of aromatic nitrogens is 1. The molecule has 4 N–H and O–H groups in total. The average molecular weight is 461 g/mol. The summed E-state index contributed by atoms with van der Waals surface area (Å²) in [6.07, 6.45) is 5.33. The van der Waals surface area contributed by atoms with E-state index in [-0.39, 0.29) is 0 Å². The smallest absolute Gasteiger partial charge is 0.133 e. The summed E-state index contributed by atoms with van der Waals surface area (Å²) in [5, 5.41) is 19.5. The van der Waals surface area contributed by atoms with Crippen LogP contribution in [0.15, 0.2) is 46.9 Å². The van der Waals surface area contributed by atoms with Gasteiger partial charge in [-0.3, -0.25) is 5.32 Å². The number of halogens is 2. The maximum Gasteiger partial charge on any atom is 0.133 e. The van der Waals surface area contributed by atoms with Crippen LogP contribution >= 0.6 is 27.5 Å².